The van der Waals surface area contributed by atoms with Crippen LogP contribution in [0, 0.1) is 5.92 Å². The molecule has 1 unspecified atom stereocenters. The van der Waals surface area contributed by atoms with Gasteiger partial charge in [-0.2, -0.15) is 0 Å². The van der Waals surface area contributed by atoms with Gasteiger partial charge in [0.2, 0.25) is 5.91 Å². The molecule has 0 N–H and O–H groups in total. The Labute approximate surface area is 138 Å². The highest BCUT2D eigenvalue weighted by Gasteiger charge is 2.54. The molecule has 1 spiro atoms. The summed E-state index contributed by atoms with van der Waals surface area (Å²) in [5.41, 5.74) is 0.984. The highest BCUT2D eigenvalue weighted by atomic mass is 16.5. The van der Waals surface area contributed by atoms with Gasteiger partial charge < -0.3 is 14.4 Å². The Morgan fingerprint density at radius 1 is 1.43 bits per heavy atom. The van der Waals surface area contributed by atoms with Crippen LogP contribution in [0.15, 0.2) is 24.5 Å². The van der Waals surface area contributed by atoms with Crippen LogP contribution >= 0.6 is 0 Å². The van der Waals surface area contributed by atoms with E-state index in [2.05, 4.69) is 11.9 Å². The first-order valence-corrected chi connectivity index (χ1v) is 8.62. The number of ether oxygens (including phenoxy) is 2. The number of rotatable bonds is 7. The lowest BCUT2D eigenvalue weighted by molar-refractivity contribution is -0.169. The molecule has 3 rings (SSSR count). The molecule has 5 nitrogen and oxygen atoms in total. The molecule has 2 aliphatic heterocycles. The van der Waals surface area contributed by atoms with E-state index in [9.17, 15) is 4.79 Å². The minimum Gasteiger partial charge on any atom is -0.376 e. The third kappa shape index (κ3) is 3.72. The van der Waals surface area contributed by atoms with Crippen molar-refractivity contribution in [2.24, 2.45) is 5.92 Å². The van der Waals surface area contributed by atoms with E-state index in [1.54, 1.807) is 12.4 Å². The molecule has 2 saturated heterocycles. The number of likely N-dealkylation sites (tertiary alicyclic amines) is 1. The summed E-state index contributed by atoms with van der Waals surface area (Å²) in [6.45, 7) is 5.66. The summed E-state index contributed by atoms with van der Waals surface area (Å²) in [6.07, 6.45) is 7.28. The summed E-state index contributed by atoms with van der Waals surface area (Å²) in [7, 11) is 0. The fourth-order valence-electron chi connectivity index (χ4n) is 3.43. The molecule has 126 valence electrons. The maximum atomic E-state index is 12.1. The molecule has 1 amide bonds. The van der Waals surface area contributed by atoms with Gasteiger partial charge in [-0.15, -0.1) is 0 Å². The van der Waals surface area contributed by atoms with Gasteiger partial charge in [-0.1, -0.05) is 13.3 Å². The summed E-state index contributed by atoms with van der Waals surface area (Å²) >= 11 is 0. The van der Waals surface area contributed by atoms with Crippen LogP contribution in [0.3, 0.4) is 0 Å². The van der Waals surface area contributed by atoms with E-state index >= 15 is 0 Å². The molecule has 0 bridgehead atoms. The van der Waals surface area contributed by atoms with Crippen LogP contribution in [0.1, 0.15) is 38.2 Å². The van der Waals surface area contributed by atoms with Gasteiger partial charge in [0.15, 0.2) is 0 Å². The Balaban J connectivity index is 1.45. The molecule has 23 heavy (non-hydrogen) atoms. The van der Waals surface area contributed by atoms with Crippen molar-refractivity contribution < 1.29 is 14.3 Å². The highest BCUT2D eigenvalue weighted by molar-refractivity contribution is 5.77. The molecule has 0 aromatic carbocycles. The number of nitrogens with zero attached hydrogens (tertiary/aromatic N) is 2. The maximum Gasteiger partial charge on any atom is 0.222 e. The number of carbonyl (C=O) groups excluding carboxylic acids is 1. The van der Waals surface area contributed by atoms with Crippen LogP contribution in [0.2, 0.25) is 0 Å². The second-order valence-corrected chi connectivity index (χ2v) is 6.62. The zero-order valence-electron chi connectivity index (χ0n) is 13.9. The second-order valence-electron chi connectivity index (χ2n) is 6.62. The lowest BCUT2D eigenvalue weighted by Gasteiger charge is -2.50. The van der Waals surface area contributed by atoms with Gasteiger partial charge >= 0.3 is 0 Å². The predicted molar refractivity (Wildman–Crippen MR) is 86.8 cm³/mol. The normalized spacial score (nSPS) is 22.3. The molecule has 1 atom stereocenters. The van der Waals surface area contributed by atoms with Gasteiger partial charge in [0.1, 0.15) is 5.60 Å². The summed E-state index contributed by atoms with van der Waals surface area (Å²) in [5, 5.41) is 0. The van der Waals surface area contributed by atoms with E-state index in [1.165, 1.54) is 0 Å². The van der Waals surface area contributed by atoms with E-state index in [-0.39, 0.29) is 11.5 Å². The van der Waals surface area contributed by atoms with Crippen molar-refractivity contribution in [3.63, 3.8) is 0 Å². The Morgan fingerprint density at radius 2 is 2.22 bits per heavy atom. The number of pyridine rings is 1. The van der Waals surface area contributed by atoms with Crippen molar-refractivity contribution in [1.29, 1.82) is 0 Å². The standard InChI is InChI=1S/C18H26N2O3/c1-2-3-4-17(21)20-13-18(14-20)16(7-10-23-18)12-22-11-15-5-8-19-9-6-15/h5-6,8-9,16H,2-4,7,10-14H2,1H3. The number of unbranched alkanes of at least 4 members (excludes halogenated alkanes) is 1. The largest absolute Gasteiger partial charge is 0.376 e. The van der Waals surface area contributed by atoms with E-state index < -0.39 is 0 Å². The number of amides is 1. The average Bonchev–Trinajstić information content (AvgIpc) is 2.96. The second kappa shape index (κ2) is 7.41. The molecule has 1 aromatic heterocycles. The fraction of sp³-hybridized carbons (Fsp3) is 0.667. The van der Waals surface area contributed by atoms with E-state index in [1.807, 2.05) is 17.0 Å². The number of hydrogen-bond acceptors (Lipinski definition) is 4. The van der Waals surface area contributed by atoms with Gasteiger partial charge in [0, 0.05) is 31.3 Å². The molecule has 1 aromatic rings. The van der Waals surface area contributed by atoms with Crippen molar-refractivity contribution in [3.8, 4) is 0 Å². The van der Waals surface area contributed by atoms with Gasteiger partial charge in [0.25, 0.3) is 0 Å². The van der Waals surface area contributed by atoms with Gasteiger partial charge in [0.05, 0.1) is 26.3 Å². The van der Waals surface area contributed by atoms with Crippen molar-refractivity contribution in [2.45, 2.75) is 44.8 Å². The summed E-state index contributed by atoms with van der Waals surface area (Å²) in [4.78, 5) is 18.0. The van der Waals surface area contributed by atoms with E-state index in [0.29, 0.717) is 25.6 Å². The lowest BCUT2D eigenvalue weighted by atomic mass is 9.81. The molecule has 0 aliphatic carbocycles. The monoisotopic (exact) mass is 318 g/mol. The van der Waals surface area contributed by atoms with Crippen LogP contribution < -0.4 is 0 Å². The Morgan fingerprint density at radius 3 is 2.96 bits per heavy atom. The lowest BCUT2D eigenvalue weighted by Crippen LogP contribution is -2.66. The Bertz CT molecular complexity index is 514. The SMILES string of the molecule is CCCCC(=O)N1CC2(C1)OCCC2COCc1ccncc1. The third-order valence-corrected chi connectivity index (χ3v) is 4.95. The Hall–Kier alpha value is -1.46. The Kier molecular flexibility index (Phi) is 5.28. The maximum absolute atomic E-state index is 12.1. The number of hydrogen-bond donors (Lipinski definition) is 0. The van der Waals surface area contributed by atoms with Crippen molar-refractivity contribution in [1.82, 2.24) is 9.88 Å². The fourth-order valence-corrected chi connectivity index (χ4v) is 3.43. The first kappa shape index (κ1) is 16.4. The van der Waals surface area contributed by atoms with Crippen LogP contribution in [0.25, 0.3) is 0 Å². The molecule has 3 heterocycles. The van der Waals surface area contributed by atoms with E-state index in [0.717, 1.165) is 44.5 Å². The van der Waals surface area contributed by atoms with Crippen molar-refractivity contribution >= 4 is 5.91 Å². The highest BCUT2D eigenvalue weighted by Crippen LogP contribution is 2.40. The minimum atomic E-state index is -0.153. The van der Waals surface area contributed by atoms with Crippen molar-refractivity contribution in [2.75, 3.05) is 26.3 Å². The minimum absolute atomic E-state index is 0.153. The first-order valence-electron chi connectivity index (χ1n) is 8.62. The molecular weight excluding hydrogens is 292 g/mol. The zero-order valence-corrected chi connectivity index (χ0v) is 13.9. The topological polar surface area (TPSA) is 51.7 Å². The number of carbonyl (C=O) groups is 1. The van der Waals surface area contributed by atoms with Crippen LogP contribution in [-0.2, 0) is 20.9 Å². The van der Waals surface area contributed by atoms with Gasteiger partial charge in [-0.25, -0.2) is 0 Å². The molecular formula is C18H26N2O3. The summed E-state index contributed by atoms with van der Waals surface area (Å²) in [5.74, 6) is 0.656. The molecule has 2 fully saturated rings. The van der Waals surface area contributed by atoms with Crippen LogP contribution in [0.5, 0.6) is 0 Å². The molecule has 5 heteroatoms. The number of aromatic nitrogens is 1. The molecule has 0 radical (unpaired) electrons. The summed E-state index contributed by atoms with van der Waals surface area (Å²) < 4.78 is 11.9. The van der Waals surface area contributed by atoms with Gasteiger partial charge in [-0.05, 0) is 30.5 Å². The van der Waals surface area contributed by atoms with Crippen molar-refractivity contribution in [3.05, 3.63) is 30.1 Å². The summed E-state index contributed by atoms with van der Waals surface area (Å²) in [6, 6.07) is 3.94. The van der Waals surface area contributed by atoms with E-state index in [4.69, 9.17) is 9.47 Å². The zero-order chi connectivity index (χ0) is 16.1. The predicted octanol–water partition coefficient (Wildman–Crippen LogP) is 2.41. The van der Waals surface area contributed by atoms with Crippen LogP contribution in [-0.4, -0.2) is 47.7 Å². The van der Waals surface area contributed by atoms with Gasteiger partial charge in [-0.3, -0.25) is 9.78 Å². The average molecular weight is 318 g/mol. The smallest absolute Gasteiger partial charge is 0.222 e. The molecule has 2 aliphatic rings. The van der Waals surface area contributed by atoms with Crippen LogP contribution in [0.4, 0.5) is 0 Å². The molecule has 0 saturated carbocycles. The first-order chi connectivity index (χ1) is 11.2. The third-order valence-electron chi connectivity index (χ3n) is 4.95. The quantitative estimate of drug-likeness (QED) is 0.775.